The van der Waals surface area contributed by atoms with Crippen molar-refractivity contribution in [3.05, 3.63) is 167 Å². The molecule has 4 atom stereocenters. The fraction of sp³-hybridized carbons (Fsp3) is 0.158. The maximum atomic E-state index is 12.1. The standard InChI is InChI=1S/C38H35OP3/c39-26-37(25-27-9-7-8-10-27,38(40,32-11-3-1-4-12-32)33-13-5-2-6-14-33)36(30-15-17-34-28(23-30)19-21-41-34)31-16-18-35-29(24-31)20-22-42-35/h1-9,11-24,36,39,41-42H,10,25-26,40H2. The molecule has 1 aliphatic rings. The van der Waals surface area contributed by atoms with Crippen LogP contribution in [0.3, 0.4) is 0 Å². The summed E-state index contributed by atoms with van der Waals surface area (Å²) in [6.45, 7) is 0.0195. The number of hydrogen-bond acceptors (Lipinski definition) is 1. The van der Waals surface area contributed by atoms with Gasteiger partial charge < -0.3 is 5.11 Å². The fourth-order valence-corrected chi connectivity index (χ4v) is 9.88. The molecule has 0 saturated heterocycles. The van der Waals surface area contributed by atoms with Gasteiger partial charge in [-0.15, -0.1) is 25.6 Å². The van der Waals surface area contributed by atoms with E-state index < -0.39 is 10.6 Å². The van der Waals surface area contributed by atoms with Crippen LogP contribution in [0.15, 0.2) is 145 Å². The molecule has 2 aromatic heterocycles. The molecule has 4 heteroatoms. The zero-order valence-electron chi connectivity index (χ0n) is 23.5. The molecule has 2 heterocycles. The van der Waals surface area contributed by atoms with Crippen molar-refractivity contribution < 1.29 is 5.11 Å². The van der Waals surface area contributed by atoms with Gasteiger partial charge in [-0.2, -0.15) is 0 Å². The predicted octanol–water partition coefficient (Wildman–Crippen LogP) is 10.3. The number of benzene rings is 4. The second-order valence-electron chi connectivity index (χ2n) is 11.6. The molecule has 7 rings (SSSR count). The van der Waals surface area contributed by atoms with E-state index in [1.807, 2.05) is 0 Å². The third-order valence-corrected chi connectivity index (χ3v) is 12.7. The Morgan fingerprint density at radius 1 is 0.714 bits per heavy atom. The van der Waals surface area contributed by atoms with Crippen LogP contribution in [0.1, 0.15) is 41.0 Å². The van der Waals surface area contributed by atoms with Gasteiger partial charge in [0.1, 0.15) is 0 Å². The highest BCUT2D eigenvalue weighted by atomic mass is 31.0. The Bertz CT molecular complexity index is 1780. The van der Waals surface area contributed by atoms with Crippen LogP contribution >= 0.6 is 25.6 Å². The van der Waals surface area contributed by atoms with Crippen molar-refractivity contribution in [3.63, 3.8) is 0 Å². The van der Waals surface area contributed by atoms with Gasteiger partial charge >= 0.3 is 0 Å². The third kappa shape index (κ3) is 4.65. The van der Waals surface area contributed by atoms with Crippen LogP contribution in [-0.4, -0.2) is 11.7 Å². The molecule has 0 spiro atoms. The van der Waals surface area contributed by atoms with Gasteiger partial charge in [0, 0.05) is 16.5 Å². The lowest BCUT2D eigenvalue weighted by molar-refractivity contribution is 0.0747. The SMILES string of the molecule is OCC(CC1=CC=CC1)(C(c1ccc2[pH]ccc2c1)c1ccc2[pH]ccc2c1)C(P)(c1ccccc1)c1ccccc1. The number of aliphatic hydroxyl groups excluding tert-OH is 1. The predicted molar refractivity (Wildman–Crippen MR) is 188 cm³/mol. The van der Waals surface area contributed by atoms with E-state index in [1.165, 1.54) is 48.8 Å². The molecular formula is C38H35OP3. The zero-order valence-corrected chi connectivity index (χ0v) is 26.7. The molecule has 1 N–H and O–H groups in total. The molecular weight excluding hydrogens is 565 g/mol. The maximum absolute atomic E-state index is 12.1. The first-order chi connectivity index (χ1) is 20.6. The fourth-order valence-electron chi connectivity index (χ4n) is 7.25. The molecule has 1 aliphatic carbocycles. The molecule has 208 valence electrons. The molecule has 0 fully saturated rings. The maximum Gasteiger partial charge on any atom is 0.0514 e. The van der Waals surface area contributed by atoms with E-state index in [1.54, 1.807) is 0 Å². The summed E-state index contributed by atoms with van der Waals surface area (Å²) in [5, 5.41) is 16.9. The normalized spacial score (nSPS) is 16.0. The lowest BCUT2D eigenvalue weighted by atomic mass is 9.55. The number of aliphatic hydroxyl groups is 1. The average molecular weight is 601 g/mol. The van der Waals surface area contributed by atoms with Gasteiger partial charge in [0.15, 0.2) is 0 Å². The van der Waals surface area contributed by atoms with Crippen molar-refractivity contribution >= 4 is 46.6 Å². The van der Waals surface area contributed by atoms with E-state index in [-0.39, 0.29) is 12.5 Å². The summed E-state index contributed by atoms with van der Waals surface area (Å²) >= 11 is 0. The summed E-state index contributed by atoms with van der Waals surface area (Å²) in [4.78, 5) is 0. The second kappa shape index (κ2) is 11.5. The molecule has 4 unspecified atom stereocenters. The zero-order chi connectivity index (χ0) is 28.6. The van der Waals surface area contributed by atoms with Crippen LogP contribution in [0, 0.1) is 5.41 Å². The van der Waals surface area contributed by atoms with E-state index >= 15 is 0 Å². The molecule has 42 heavy (non-hydrogen) atoms. The Morgan fingerprint density at radius 3 is 1.74 bits per heavy atom. The van der Waals surface area contributed by atoms with Gasteiger partial charge in [0.2, 0.25) is 0 Å². The van der Waals surface area contributed by atoms with Crippen molar-refractivity contribution in [2.45, 2.75) is 23.9 Å². The summed E-state index contributed by atoms with van der Waals surface area (Å²) in [7, 11) is 4.75. The first-order valence-corrected chi connectivity index (χ1v) is 17.3. The largest absolute Gasteiger partial charge is 0.396 e. The quantitative estimate of drug-likeness (QED) is 0.164. The van der Waals surface area contributed by atoms with Crippen molar-refractivity contribution in [1.29, 1.82) is 0 Å². The van der Waals surface area contributed by atoms with Crippen molar-refractivity contribution in [1.82, 2.24) is 0 Å². The third-order valence-electron chi connectivity index (χ3n) is 9.29. The minimum Gasteiger partial charge on any atom is -0.396 e. The van der Waals surface area contributed by atoms with Crippen molar-refractivity contribution in [2.24, 2.45) is 5.41 Å². The summed E-state index contributed by atoms with van der Waals surface area (Å²) in [6.07, 6.45) is 8.36. The Hall–Kier alpha value is -3.17. The van der Waals surface area contributed by atoms with Gasteiger partial charge in [-0.05, 0) is 67.7 Å². The molecule has 0 saturated carbocycles. The molecule has 0 radical (unpaired) electrons. The molecule has 6 aromatic rings. The summed E-state index contributed by atoms with van der Waals surface area (Å²) in [6, 6.07) is 40.3. The highest BCUT2D eigenvalue weighted by molar-refractivity contribution is 7.36. The average Bonchev–Trinajstić information content (AvgIpc) is 3.83. The number of allylic oxidation sites excluding steroid dienone is 4. The van der Waals surface area contributed by atoms with Crippen molar-refractivity contribution in [3.8, 4) is 0 Å². The van der Waals surface area contributed by atoms with Crippen LogP contribution in [-0.2, 0) is 5.16 Å². The molecule has 0 amide bonds. The molecule has 0 aliphatic heterocycles. The van der Waals surface area contributed by atoms with Crippen LogP contribution in [0.5, 0.6) is 0 Å². The highest BCUT2D eigenvalue weighted by Crippen LogP contribution is 2.63. The van der Waals surface area contributed by atoms with Gasteiger partial charge in [-0.1, -0.05) is 133 Å². The highest BCUT2D eigenvalue weighted by Gasteiger charge is 2.55. The Morgan fingerprint density at radius 2 is 1.26 bits per heavy atom. The second-order valence-corrected chi connectivity index (χ2v) is 14.8. The van der Waals surface area contributed by atoms with Gasteiger partial charge in [0.25, 0.3) is 0 Å². The molecule has 0 bridgehead atoms. The van der Waals surface area contributed by atoms with E-state index in [2.05, 4.69) is 148 Å². The van der Waals surface area contributed by atoms with E-state index in [9.17, 15) is 5.11 Å². The van der Waals surface area contributed by atoms with Gasteiger partial charge in [-0.3, -0.25) is 0 Å². The lowest BCUT2D eigenvalue weighted by Crippen LogP contribution is -2.50. The smallest absolute Gasteiger partial charge is 0.0514 e. The lowest BCUT2D eigenvalue weighted by Gasteiger charge is -2.54. The van der Waals surface area contributed by atoms with E-state index in [4.69, 9.17) is 0 Å². The molecule has 4 aromatic carbocycles. The summed E-state index contributed by atoms with van der Waals surface area (Å²) < 4.78 is 0. The van der Waals surface area contributed by atoms with Crippen LogP contribution < -0.4 is 0 Å². The van der Waals surface area contributed by atoms with Crippen molar-refractivity contribution in [2.75, 3.05) is 6.61 Å². The van der Waals surface area contributed by atoms with Gasteiger partial charge in [-0.25, -0.2) is 0 Å². The van der Waals surface area contributed by atoms with Crippen LogP contribution in [0.25, 0.3) is 21.0 Å². The number of hydrogen-bond donors (Lipinski definition) is 1. The van der Waals surface area contributed by atoms with Crippen LogP contribution in [0.4, 0.5) is 0 Å². The van der Waals surface area contributed by atoms with Gasteiger partial charge in [0.05, 0.1) is 6.61 Å². The van der Waals surface area contributed by atoms with E-state index in [0.29, 0.717) is 16.4 Å². The number of fused-ring (bicyclic) bond motifs is 2. The minimum absolute atomic E-state index is 0.0195. The van der Waals surface area contributed by atoms with E-state index in [0.717, 1.165) is 12.8 Å². The minimum atomic E-state index is -0.629. The van der Waals surface area contributed by atoms with Crippen LogP contribution in [0.2, 0.25) is 0 Å². The monoisotopic (exact) mass is 600 g/mol. The first-order valence-electron chi connectivity index (χ1n) is 14.6. The Kier molecular flexibility index (Phi) is 7.56. The first kappa shape index (κ1) is 27.7. The Labute approximate surface area is 253 Å². The summed E-state index contributed by atoms with van der Waals surface area (Å²) in [5.41, 5.74) is 5.63. The summed E-state index contributed by atoms with van der Waals surface area (Å²) in [5.74, 6) is 4.49. The number of rotatable bonds is 9. The molecule has 1 nitrogen and oxygen atoms in total. The Balaban J connectivity index is 1.58. The topological polar surface area (TPSA) is 20.2 Å².